The van der Waals surface area contributed by atoms with Crippen LogP contribution in [0.5, 0.6) is 0 Å². The summed E-state index contributed by atoms with van der Waals surface area (Å²) in [7, 11) is -3.30. The van der Waals surface area contributed by atoms with Crippen LogP contribution >= 0.6 is 11.3 Å². The number of sulfonamides is 1. The van der Waals surface area contributed by atoms with Gasteiger partial charge in [-0.1, -0.05) is 0 Å². The molecule has 0 aliphatic carbocycles. The highest BCUT2D eigenvalue weighted by atomic mass is 32.2. The summed E-state index contributed by atoms with van der Waals surface area (Å²) >= 11 is 1.10. The summed E-state index contributed by atoms with van der Waals surface area (Å²) in [6.45, 7) is 4.02. The summed E-state index contributed by atoms with van der Waals surface area (Å²) in [4.78, 5) is 13.1. The summed E-state index contributed by atoms with van der Waals surface area (Å²) in [5.41, 5.74) is 0.523. The second-order valence-electron chi connectivity index (χ2n) is 7.86. The fourth-order valence-corrected chi connectivity index (χ4v) is 6.49. The van der Waals surface area contributed by atoms with Gasteiger partial charge >= 0.3 is 6.18 Å². The van der Waals surface area contributed by atoms with Crippen molar-refractivity contribution in [1.29, 1.82) is 0 Å². The molecule has 1 fully saturated rings. The summed E-state index contributed by atoms with van der Waals surface area (Å²) in [6.07, 6.45) is -1.59. The SMILES string of the molecule is CCS(=O)(=O)N1CCC[C@H](c2nc3c4sc5nc(C(F)(F)F)cc(C)c5c4ncn3n2)C1. The van der Waals surface area contributed by atoms with E-state index in [9.17, 15) is 21.6 Å². The van der Waals surface area contributed by atoms with Gasteiger partial charge in [0.25, 0.3) is 0 Å². The number of pyridine rings is 1. The van der Waals surface area contributed by atoms with Crippen molar-refractivity contribution in [2.45, 2.75) is 38.8 Å². The lowest BCUT2D eigenvalue weighted by Gasteiger charge is -2.30. The molecule has 5 heterocycles. The molecule has 1 saturated heterocycles. The van der Waals surface area contributed by atoms with Crippen LogP contribution in [0.25, 0.3) is 26.1 Å². The first-order valence-corrected chi connectivity index (χ1v) is 12.5. The highest BCUT2D eigenvalue weighted by Gasteiger charge is 2.34. The Hall–Kier alpha value is -2.38. The van der Waals surface area contributed by atoms with Gasteiger partial charge in [-0.25, -0.2) is 32.2 Å². The molecule has 32 heavy (non-hydrogen) atoms. The molecule has 0 bridgehead atoms. The Bertz CT molecular complexity index is 1460. The molecule has 0 aromatic carbocycles. The van der Waals surface area contributed by atoms with Crippen LogP contribution in [0.15, 0.2) is 12.4 Å². The maximum atomic E-state index is 13.2. The minimum atomic E-state index is -4.54. The van der Waals surface area contributed by atoms with E-state index < -0.39 is 21.9 Å². The van der Waals surface area contributed by atoms with Gasteiger partial charge in [-0.05, 0) is 38.3 Å². The van der Waals surface area contributed by atoms with Gasteiger partial charge in [0, 0.05) is 24.4 Å². The lowest BCUT2D eigenvalue weighted by atomic mass is 9.99. The highest BCUT2D eigenvalue weighted by molar-refractivity contribution is 7.89. The molecule has 0 amide bonds. The van der Waals surface area contributed by atoms with Crippen LogP contribution in [-0.2, 0) is 16.2 Å². The van der Waals surface area contributed by atoms with Crippen LogP contribution in [0, 0.1) is 6.92 Å². The maximum absolute atomic E-state index is 13.2. The van der Waals surface area contributed by atoms with Gasteiger partial charge in [0.15, 0.2) is 11.5 Å². The van der Waals surface area contributed by atoms with Gasteiger partial charge < -0.3 is 0 Å². The highest BCUT2D eigenvalue weighted by Crippen LogP contribution is 2.39. The van der Waals surface area contributed by atoms with Crippen molar-refractivity contribution in [2.24, 2.45) is 0 Å². The number of thiophene rings is 1. The molecule has 0 saturated carbocycles. The second-order valence-corrected chi connectivity index (χ2v) is 11.1. The number of piperidine rings is 1. The van der Waals surface area contributed by atoms with Crippen molar-refractivity contribution in [3.05, 3.63) is 29.5 Å². The van der Waals surface area contributed by atoms with Gasteiger partial charge in [-0.15, -0.1) is 16.4 Å². The predicted molar refractivity (Wildman–Crippen MR) is 114 cm³/mol. The maximum Gasteiger partial charge on any atom is 0.433 e. The largest absolute Gasteiger partial charge is 0.433 e. The van der Waals surface area contributed by atoms with E-state index in [1.165, 1.54) is 15.1 Å². The minimum absolute atomic E-state index is 0.0386. The number of alkyl halides is 3. The molecule has 1 aliphatic heterocycles. The van der Waals surface area contributed by atoms with E-state index in [0.717, 1.165) is 23.8 Å². The fourth-order valence-electron chi connectivity index (χ4n) is 4.13. The smallest absolute Gasteiger partial charge is 0.234 e. The quantitative estimate of drug-likeness (QED) is 0.440. The molecule has 4 aromatic rings. The predicted octanol–water partition coefficient (Wildman–Crippen LogP) is 3.74. The van der Waals surface area contributed by atoms with Crippen molar-refractivity contribution in [3.63, 3.8) is 0 Å². The molecule has 170 valence electrons. The molecule has 1 aliphatic rings. The van der Waals surface area contributed by atoms with Gasteiger partial charge in [0.1, 0.15) is 21.6 Å². The van der Waals surface area contributed by atoms with E-state index in [-0.39, 0.29) is 16.5 Å². The minimum Gasteiger partial charge on any atom is -0.234 e. The Morgan fingerprint density at radius 1 is 1.28 bits per heavy atom. The van der Waals surface area contributed by atoms with Crippen LogP contribution in [0.3, 0.4) is 0 Å². The molecule has 13 heteroatoms. The zero-order chi connectivity index (χ0) is 22.8. The molecule has 8 nitrogen and oxygen atoms in total. The monoisotopic (exact) mass is 484 g/mol. The first-order valence-electron chi connectivity index (χ1n) is 10.1. The van der Waals surface area contributed by atoms with E-state index >= 15 is 0 Å². The molecule has 0 N–H and O–H groups in total. The number of hydrogen-bond acceptors (Lipinski definition) is 7. The summed E-state index contributed by atoms with van der Waals surface area (Å²) in [6, 6.07) is 1.03. The molecule has 4 aromatic heterocycles. The fraction of sp³-hybridized carbons (Fsp3) is 0.474. The Kier molecular flexibility index (Phi) is 4.91. The second kappa shape index (κ2) is 7.32. The number of halogens is 3. The van der Waals surface area contributed by atoms with Crippen molar-refractivity contribution in [2.75, 3.05) is 18.8 Å². The number of aromatic nitrogens is 5. The van der Waals surface area contributed by atoms with E-state index in [1.54, 1.807) is 13.8 Å². The number of fused-ring (bicyclic) bond motifs is 5. The van der Waals surface area contributed by atoms with Crippen molar-refractivity contribution >= 4 is 47.4 Å². The zero-order valence-electron chi connectivity index (χ0n) is 17.2. The third-order valence-corrected chi connectivity index (χ3v) is 8.70. The number of hydrogen-bond donors (Lipinski definition) is 0. The van der Waals surface area contributed by atoms with E-state index in [4.69, 9.17) is 0 Å². The van der Waals surface area contributed by atoms with Crippen LogP contribution in [0.2, 0.25) is 0 Å². The van der Waals surface area contributed by atoms with Gasteiger partial charge in [0.05, 0.1) is 11.3 Å². The lowest BCUT2D eigenvalue weighted by molar-refractivity contribution is -0.141. The number of aryl methyl sites for hydroxylation is 1. The average molecular weight is 485 g/mol. The van der Waals surface area contributed by atoms with Gasteiger partial charge in [-0.2, -0.15) is 13.2 Å². The molecule has 0 radical (unpaired) electrons. The summed E-state index contributed by atoms with van der Waals surface area (Å²) in [5.74, 6) is 0.385. The Morgan fingerprint density at radius 3 is 2.78 bits per heavy atom. The standard InChI is InChI=1S/C19H19F3N6O2S2/c1-3-32(29,30)27-6-4-5-11(8-27)16-25-17-15-14(23-9-28(17)26-16)13-10(2)7-12(19(20,21)22)24-18(13)31-15/h7,9,11H,3-6,8H2,1-2H3/t11-/m0/s1. The molecular formula is C19H19F3N6O2S2. The third kappa shape index (κ3) is 3.42. The molecule has 0 spiro atoms. The first-order chi connectivity index (χ1) is 15.1. The first kappa shape index (κ1) is 21.5. The van der Waals surface area contributed by atoms with Crippen LogP contribution in [-0.4, -0.2) is 56.1 Å². The molecule has 5 rings (SSSR count). The normalized spacial score (nSPS) is 18.8. The summed E-state index contributed by atoms with van der Waals surface area (Å²) in [5, 5.41) is 5.08. The molecule has 1 atom stereocenters. The Morgan fingerprint density at radius 2 is 2.06 bits per heavy atom. The zero-order valence-corrected chi connectivity index (χ0v) is 18.9. The number of nitrogens with zero attached hydrogens (tertiary/aromatic N) is 6. The Balaban J connectivity index is 1.62. The molecular weight excluding hydrogens is 465 g/mol. The lowest BCUT2D eigenvalue weighted by Crippen LogP contribution is -2.40. The van der Waals surface area contributed by atoms with Crippen LogP contribution in [0.4, 0.5) is 13.2 Å². The van der Waals surface area contributed by atoms with Gasteiger partial charge in [-0.3, -0.25) is 0 Å². The van der Waals surface area contributed by atoms with E-state index in [2.05, 4.69) is 20.1 Å². The van der Waals surface area contributed by atoms with Crippen LogP contribution < -0.4 is 0 Å². The van der Waals surface area contributed by atoms with Gasteiger partial charge in [0.2, 0.25) is 10.0 Å². The van der Waals surface area contributed by atoms with Crippen molar-refractivity contribution in [3.8, 4) is 0 Å². The number of rotatable bonds is 3. The van der Waals surface area contributed by atoms with E-state index in [0.29, 0.717) is 52.1 Å². The topological polar surface area (TPSA) is 93.4 Å². The Labute approximate surface area is 185 Å². The summed E-state index contributed by atoms with van der Waals surface area (Å²) < 4.78 is 67.8. The molecule has 0 unspecified atom stereocenters. The average Bonchev–Trinajstić information content (AvgIpc) is 3.34. The van der Waals surface area contributed by atoms with Crippen molar-refractivity contribution < 1.29 is 21.6 Å². The van der Waals surface area contributed by atoms with E-state index in [1.807, 2.05) is 0 Å². The van der Waals surface area contributed by atoms with Crippen molar-refractivity contribution in [1.82, 2.24) is 28.9 Å². The third-order valence-electron chi connectivity index (χ3n) is 5.78. The van der Waals surface area contributed by atoms with Crippen LogP contribution in [0.1, 0.15) is 42.8 Å².